The van der Waals surface area contributed by atoms with Gasteiger partial charge in [0.15, 0.2) is 5.75 Å². The summed E-state index contributed by atoms with van der Waals surface area (Å²) in [4.78, 5) is 0. The Balaban J connectivity index is 1.73. The molecule has 116 valence electrons. The first-order valence-corrected chi connectivity index (χ1v) is 8.80. The molecule has 2 aliphatic rings. The highest BCUT2D eigenvalue weighted by molar-refractivity contribution is 9.10. The number of benzene rings is 1. The van der Waals surface area contributed by atoms with Crippen LogP contribution in [0.3, 0.4) is 0 Å². The molecule has 1 spiro atoms. The number of rotatable bonds is 2. The van der Waals surface area contributed by atoms with Crippen LogP contribution in [0.4, 0.5) is 5.69 Å². The number of ether oxygens (including phenoxy) is 2. The van der Waals surface area contributed by atoms with Crippen LogP contribution in [0.5, 0.6) is 5.75 Å². The van der Waals surface area contributed by atoms with Crippen LogP contribution in [0.25, 0.3) is 0 Å². The van der Waals surface area contributed by atoms with Gasteiger partial charge in [-0.25, -0.2) is 0 Å². The minimum absolute atomic E-state index is 0.0365. The lowest BCUT2D eigenvalue weighted by molar-refractivity contribution is -0.129. The van der Waals surface area contributed by atoms with Gasteiger partial charge in [-0.1, -0.05) is 30.9 Å². The number of nitrogen functional groups attached to an aromatic ring is 1. The second-order valence-corrected chi connectivity index (χ2v) is 7.42. The lowest BCUT2D eigenvalue weighted by atomic mass is 9.79. The van der Waals surface area contributed by atoms with E-state index in [1.54, 1.807) is 6.07 Å². The van der Waals surface area contributed by atoms with E-state index in [1.807, 2.05) is 6.07 Å². The van der Waals surface area contributed by atoms with Crippen molar-refractivity contribution in [1.82, 2.24) is 0 Å². The number of halogens is 2. The van der Waals surface area contributed by atoms with E-state index in [-0.39, 0.29) is 11.7 Å². The van der Waals surface area contributed by atoms with Crippen molar-refractivity contribution < 1.29 is 9.47 Å². The third kappa shape index (κ3) is 3.49. The highest BCUT2D eigenvalue weighted by Crippen LogP contribution is 2.41. The molecule has 0 bridgehead atoms. The van der Waals surface area contributed by atoms with E-state index in [9.17, 15) is 0 Å². The molecule has 0 aromatic heterocycles. The van der Waals surface area contributed by atoms with Gasteiger partial charge in [0.2, 0.25) is 0 Å². The molecule has 1 aliphatic carbocycles. The van der Waals surface area contributed by atoms with Gasteiger partial charge in [0, 0.05) is 17.9 Å². The molecule has 1 heterocycles. The number of hydrogen-bond acceptors (Lipinski definition) is 3. The third-order valence-corrected chi connectivity index (χ3v) is 5.34. The Morgan fingerprint density at radius 3 is 2.76 bits per heavy atom. The zero-order valence-electron chi connectivity index (χ0n) is 12.0. The summed E-state index contributed by atoms with van der Waals surface area (Å²) in [6.07, 6.45) is 8.20. The maximum atomic E-state index is 6.19. The zero-order valence-corrected chi connectivity index (χ0v) is 14.4. The van der Waals surface area contributed by atoms with Crippen molar-refractivity contribution in [1.29, 1.82) is 0 Å². The molecule has 2 N–H and O–H groups in total. The lowest BCUT2D eigenvalue weighted by Gasteiger charge is -2.43. The quantitative estimate of drug-likeness (QED) is 0.745. The van der Waals surface area contributed by atoms with Crippen LogP contribution in [-0.2, 0) is 4.74 Å². The van der Waals surface area contributed by atoms with E-state index in [2.05, 4.69) is 15.9 Å². The summed E-state index contributed by atoms with van der Waals surface area (Å²) in [7, 11) is 0. The molecule has 1 saturated heterocycles. The minimum atomic E-state index is 0.0365. The van der Waals surface area contributed by atoms with E-state index in [0.29, 0.717) is 16.5 Å². The number of anilines is 1. The van der Waals surface area contributed by atoms with Crippen LogP contribution in [0, 0.1) is 0 Å². The summed E-state index contributed by atoms with van der Waals surface area (Å²) in [6.45, 7) is 0.774. The first-order chi connectivity index (χ1) is 10.1. The Kier molecular flexibility index (Phi) is 4.67. The average Bonchev–Trinajstić information content (AvgIpc) is 2.44. The van der Waals surface area contributed by atoms with Crippen molar-refractivity contribution in [3.63, 3.8) is 0 Å². The lowest BCUT2D eigenvalue weighted by Crippen LogP contribution is -2.45. The Labute approximate surface area is 139 Å². The van der Waals surface area contributed by atoms with E-state index < -0.39 is 0 Å². The number of hydrogen-bond donors (Lipinski definition) is 1. The zero-order chi connectivity index (χ0) is 14.9. The van der Waals surface area contributed by atoms with Crippen LogP contribution >= 0.6 is 27.5 Å². The molecule has 1 aromatic carbocycles. The van der Waals surface area contributed by atoms with Crippen LogP contribution in [0.2, 0.25) is 5.02 Å². The fraction of sp³-hybridized carbons (Fsp3) is 0.625. The Bertz CT molecular complexity index is 488. The van der Waals surface area contributed by atoms with Crippen molar-refractivity contribution in [2.75, 3.05) is 12.3 Å². The molecule has 0 amide bonds. The Morgan fingerprint density at radius 2 is 2.05 bits per heavy atom. The largest absolute Gasteiger partial charge is 0.487 e. The second-order valence-electron chi connectivity index (χ2n) is 6.13. The molecule has 3 nitrogen and oxygen atoms in total. The van der Waals surface area contributed by atoms with Gasteiger partial charge in [-0.15, -0.1) is 0 Å². The van der Waals surface area contributed by atoms with Gasteiger partial charge in [-0.3, -0.25) is 0 Å². The highest BCUT2D eigenvalue weighted by Gasteiger charge is 2.39. The van der Waals surface area contributed by atoms with E-state index in [4.69, 9.17) is 26.8 Å². The summed E-state index contributed by atoms with van der Waals surface area (Å²) >= 11 is 9.49. The Morgan fingerprint density at radius 1 is 1.29 bits per heavy atom. The van der Waals surface area contributed by atoms with Crippen molar-refractivity contribution in [3.05, 3.63) is 21.6 Å². The molecule has 1 unspecified atom stereocenters. The molecule has 1 saturated carbocycles. The first kappa shape index (κ1) is 15.4. The fourth-order valence-corrected chi connectivity index (χ4v) is 4.43. The molecular weight excluding hydrogens is 354 g/mol. The van der Waals surface area contributed by atoms with Gasteiger partial charge in [0.1, 0.15) is 6.10 Å². The van der Waals surface area contributed by atoms with Crippen LogP contribution in [0.15, 0.2) is 16.6 Å². The standard InChI is InChI=1S/C16H21BrClNO2/c17-13-8-11(18)9-14(19)15(13)21-12-4-7-20-16(10-12)5-2-1-3-6-16/h8-9,12H,1-7,10,19H2. The predicted molar refractivity (Wildman–Crippen MR) is 89.0 cm³/mol. The topological polar surface area (TPSA) is 44.5 Å². The molecule has 3 rings (SSSR count). The normalized spacial score (nSPS) is 25.0. The van der Waals surface area contributed by atoms with E-state index in [0.717, 1.165) is 36.8 Å². The maximum Gasteiger partial charge on any atom is 0.156 e. The van der Waals surface area contributed by atoms with Gasteiger partial charge >= 0.3 is 0 Å². The molecule has 1 aliphatic heterocycles. The first-order valence-electron chi connectivity index (χ1n) is 7.63. The summed E-state index contributed by atoms with van der Waals surface area (Å²) in [6, 6.07) is 3.56. The summed E-state index contributed by atoms with van der Waals surface area (Å²) in [5.41, 5.74) is 6.66. The van der Waals surface area contributed by atoms with Crippen molar-refractivity contribution >= 4 is 33.2 Å². The average molecular weight is 375 g/mol. The molecule has 0 radical (unpaired) electrons. The minimum Gasteiger partial charge on any atom is -0.487 e. The van der Waals surface area contributed by atoms with Gasteiger partial charge in [-0.2, -0.15) is 0 Å². The van der Waals surface area contributed by atoms with Gasteiger partial charge in [0.05, 0.1) is 22.4 Å². The SMILES string of the molecule is Nc1cc(Cl)cc(Br)c1OC1CCOC2(CCCCC2)C1. The molecule has 1 atom stereocenters. The Hall–Kier alpha value is -0.450. The van der Waals surface area contributed by atoms with Crippen molar-refractivity contribution in [2.45, 2.75) is 56.7 Å². The van der Waals surface area contributed by atoms with Gasteiger partial charge in [0.25, 0.3) is 0 Å². The van der Waals surface area contributed by atoms with Crippen LogP contribution in [0.1, 0.15) is 44.9 Å². The second kappa shape index (κ2) is 6.35. The summed E-state index contributed by atoms with van der Waals surface area (Å²) in [5, 5.41) is 0.613. The van der Waals surface area contributed by atoms with E-state index in [1.165, 1.54) is 19.3 Å². The molecular formula is C16H21BrClNO2. The molecule has 1 aromatic rings. The predicted octanol–water partition coefficient (Wildman–Crippen LogP) is 4.95. The van der Waals surface area contributed by atoms with Crippen LogP contribution in [-0.4, -0.2) is 18.3 Å². The smallest absolute Gasteiger partial charge is 0.156 e. The van der Waals surface area contributed by atoms with Crippen LogP contribution < -0.4 is 10.5 Å². The van der Waals surface area contributed by atoms with Gasteiger partial charge in [-0.05, 0) is 40.9 Å². The van der Waals surface area contributed by atoms with Crippen molar-refractivity contribution in [3.8, 4) is 5.75 Å². The highest BCUT2D eigenvalue weighted by atomic mass is 79.9. The molecule has 2 fully saturated rings. The maximum absolute atomic E-state index is 6.19. The fourth-order valence-electron chi connectivity index (χ4n) is 3.50. The number of nitrogens with two attached hydrogens (primary N) is 1. The van der Waals surface area contributed by atoms with E-state index >= 15 is 0 Å². The van der Waals surface area contributed by atoms with Crippen molar-refractivity contribution in [2.24, 2.45) is 0 Å². The molecule has 21 heavy (non-hydrogen) atoms. The summed E-state index contributed by atoms with van der Waals surface area (Å²) < 4.78 is 13.1. The monoisotopic (exact) mass is 373 g/mol. The molecule has 5 heteroatoms. The third-order valence-electron chi connectivity index (χ3n) is 4.53. The van der Waals surface area contributed by atoms with Gasteiger partial charge < -0.3 is 15.2 Å². The summed E-state index contributed by atoms with van der Waals surface area (Å²) in [5.74, 6) is 0.706.